The molecule has 0 saturated heterocycles. The van der Waals surface area contributed by atoms with Crippen LogP contribution in [0, 0.1) is 34.5 Å². The van der Waals surface area contributed by atoms with Gasteiger partial charge in [-0.1, -0.05) is 19.9 Å². The number of hydrogen-bond donors (Lipinski definition) is 1. The number of carbonyl (C=O) groups excluding carboxylic acids is 1. The van der Waals surface area contributed by atoms with Crippen molar-refractivity contribution in [1.82, 2.24) is 0 Å². The fourth-order valence-corrected chi connectivity index (χ4v) is 8.31. The highest BCUT2D eigenvalue weighted by Gasteiger charge is 2.64. The quantitative estimate of drug-likeness (QED) is 0.714. The van der Waals surface area contributed by atoms with Crippen LogP contribution in [0.5, 0.6) is 0 Å². The molecule has 3 unspecified atom stereocenters. The largest absolute Gasteiger partial charge is 0.374 e. The van der Waals surface area contributed by atoms with Gasteiger partial charge in [0.2, 0.25) is 0 Å². The number of hydrogen-bond acceptors (Lipinski definition) is 3. The van der Waals surface area contributed by atoms with Crippen molar-refractivity contribution in [1.29, 1.82) is 0 Å². The lowest BCUT2D eigenvalue weighted by atomic mass is 9.42. The third-order valence-corrected chi connectivity index (χ3v) is 9.83. The van der Waals surface area contributed by atoms with E-state index in [1.54, 1.807) is 0 Å². The Bertz CT molecular complexity index is 618. The summed E-state index contributed by atoms with van der Waals surface area (Å²) in [7, 11) is 0. The zero-order valence-electron chi connectivity index (χ0n) is 17.6. The first kappa shape index (κ1) is 19.6. The second kappa shape index (κ2) is 6.69. The Morgan fingerprint density at radius 1 is 1.11 bits per heavy atom. The van der Waals surface area contributed by atoms with Gasteiger partial charge in [-0.15, -0.1) is 6.58 Å². The first-order chi connectivity index (χ1) is 12.7. The van der Waals surface area contributed by atoms with Gasteiger partial charge in [0.1, 0.15) is 5.78 Å². The third-order valence-electron chi connectivity index (χ3n) is 9.83. The van der Waals surface area contributed by atoms with Crippen molar-refractivity contribution in [3.05, 3.63) is 12.7 Å². The Morgan fingerprint density at radius 2 is 1.89 bits per heavy atom. The zero-order chi connectivity index (χ0) is 19.4. The molecule has 4 fully saturated rings. The van der Waals surface area contributed by atoms with Gasteiger partial charge in [0.05, 0.1) is 12.7 Å². The molecule has 3 heteroatoms. The number of ether oxygens (including phenoxy) is 1. The van der Waals surface area contributed by atoms with Gasteiger partial charge in [-0.25, -0.2) is 0 Å². The standard InChI is InChI=1S/C24H39NO2/c1-5-14-27-17-8-12-23(4)21-10-11-22(3)19(16(2)26)6-7-20(22)18(21)9-13-24(23,25)15-17/h5,17-21H,1,6-15,25H2,2-4H3/t17-,18?,19+,20?,21?,22+,23+,24+/m0/s1. The molecule has 8 atom stereocenters. The molecule has 0 spiro atoms. The van der Waals surface area contributed by atoms with E-state index in [9.17, 15) is 4.79 Å². The van der Waals surface area contributed by atoms with E-state index in [2.05, 4.69) is 20.4 Å². The maximum absolute atomic E-state index is 12.3. The minimum absolute atomic E-state index is 0.0927. The molecule has 152 valence electrons. The number of ketones is 1. The number of rotatable bonds is 4. The summed E-state index contributed by atoms with van der Waals surface area (Å²) in [5.74, 6) is 2.93. The molecular formula is C24H39NO2. The molecule has 0 aromatic rings. The number of nitrogens with two attached hydrogens (primary N) is 1. The fourth-order valence-electron chi connectivity index (χ4n) is 8.31. The predicted octanol–water partition coefficient (Wildman–Crippen LogP) is 4.89. The van der Waals surface area contributed by atoms with Crippen LogP contribution in [0.15, 0.2) is 12.7 Å². The monoisotopic (exact) mass is 373 g/mol. The molecule has 2 N–H and O–H groups in total. The minimum atomic E-state index is -0.0927. The van der Waals surface area contributed by atoms with E-state index in [1.165, 1.54) is 32.1 Å². The molecule has 3 nitrogen and oxygen atoms in total. The van der Waals surface area contributed by atoms with Gasteiger partial charge in [0.25, 0.3) is 0 Å². The van der Waals surface area contributed by atoms with Crippen LogP contribution in [0.4, 0.5) is 0 Å². The Morgan fingerprint density at radius 3 is 2.59 bits per heavy atom. The van der Waals surface area contributed by atoms with Crippen molar-refractivity contribution in [2.75, 3.05) is 6.61 Å². The molecule has 0 heterocycles. The molecule has 4 aliphatic rings. The molecular weight excluding hydrogens is 334 g/mol. The highest BCUT2D eigenvalue weighted by molar-refractivity contribution is 5.79. The van der Waals surface area contributed by atoms with E-state index in [1.807, 2.05) is 13.0 Å². The lowest BCUT2D eigenvalue weighted by Gasteiger charge is -2.65. The Hall–Kier alpha value is -0.670. The second-order valence-corrected chi connectivity index (χ2v) is 10.8. The summed E-state index contributed by atoms with van der Waals surface area (Å²) >= 11 is 0. The van der Waals surface area contributed by atoms with Crippen molar-refractivity contribution in [2.24, 2.45) is 40.2 Å². The summed E-state index contributed by atoms with van der Waals surface area (Å²) in [5.41, 5.74) is 7.52. The average molecular weight is 374 g/mol. The lowest BCUT2D eigenvalue weighted by molar-refractivity contribution is -0.148. The fraction of sp³-hybridized carbons (Fsp3) is 0.875. The van der Waals surface area contributed by atoms with Crippen molar-refractivity contribution < 1.29 is 9.53 Å². The third kappa shape index (κ3) is 2.79. The van der Waals surface area contributed by atoms with E-state index >= 15 is 0 Å². The summed E-state index contributed by atoms with van der Waals surface area (Å²) < 4.78 is 6.02. The van der Waals surface area contributed by atoms with Crippen LogP contribution in [-0.4, -0.2) is 24.0 Å². The minimum Gasteiger partial charge on any atom is -0.374 e. The topological polar surface area (TPSA) is 52.3 Å². The second-order valence-electron chi connectivity index (χ2n) is 10.8. The van der Waals surface area contributed by atoms with Crippen molar-refractivity contribution in [2.45, 2.75) is 90.2 Å². The lowest BCUT2D eigenvalue weighted by Crippen LogP contribution is -2.67. The molecule has 27 heavy (non-hydrogen) atoms. The number of carbonyl (C=O) groups is 1. The van der Waals surface area contributed by atoms with Crippen LogP contribution in [0.3, 0.4) is 0 Å². The predicted molar refractivity (Wildman–Crippen MR) is 109 cm³/mol. The highest BCUT2D eigenvalue weighted by atomic mass is 16.5. The molecule has 0 aromatic carbocycles. The van der Waals surface area contributed by atoms with Gasteiger partial charge in [-0.3, -0.25) is 4.79 Å². The van der Waals surface area contributed by atoms with Crippen molar-refractivity contribution >= 4 is 5.78 Å². The van der Waals surface area contributed by atoms with E-state index in [0.29, 0.717) is 24.4 Å². The highest BCUT2D eigenvalue weighted by Crippen LogP contribution is 2.68. The maximum atomic E-state index is 12.3. The molecule has 0 amide bonds. The summed E-state index contributed by atoms with van der Waals surface area (Å²) in [4.78, 5) is 12.3. The van der Waals surface area contributed by atoms with Gasteiger partial charge in [0.15, 0.2) is 0 Å². The van der Waals surface area contributed by atoms with Gasteiger partial charge in [-0.2, -0.15) is 0 Å². The Balaban J connectivity index is 1.57. The van der Waals surface area contributed by atoms with E-state index in [4.69, 9.17) is 10.5 Å². The normalized spacial score (nSPS) is 51.8. The summed E-state index contributed by atoms with van der Waals surface area (Å²) in [6.07, 6.45) is 12.7. The summed E-state index contributed by atoms with van der Waals surface area (Å²) in [6, 6.07) is 0. The summed E-state index contributed by atoms with van der Waals surface area (Å²) in [6.45, 7) is 11.2. The van der Waals surface area contributed by atoms with Crippen LogP contribution >= 0.6 is 0 Å². The molecule has 0 radical (unpaired) electrons. The van der Waals surface area contributed by atoms with Crippen LogP contribution in [0.1, 0.15) is 78.6 Å². The van der Waals surface area contributed by atoms with Crippen LogP contribution in [0.25, 0.3) is 0 Å². The van der Waals surface area contributed by atoms with Gasteiger partial charge in [0, 0.05) is 11.5 Å². The van der Waals surface area contributed by atoms with Crippen LogP contribution < -0.4 is 5.73 Å². The zero-order valence-corrected chi connectivity index (χ0v) is 17.6. The Kier molecular flexibility index (Phi) is 4.87. The SMILES string of the molecule is C=CCO[C@H]1CC[C@]2(C)C3CC[C@@]4(C)C(CC[C@@H]4C(C)=O)C3CC[C@@]2(N)C1. The molecule has 0 bridgehead atoms. The van der Waals surface area contributed by atoms with E-state index in [-0.39, 0.29) is 16.4 Å². The van der Waals surface area contributed by atoms with Crippen molar-refractivity contribution in [3.63, 3.8) is 0 Å². The number of fused-ring (bicyclic) bond motifs is 5. The molecule has 4 aliphatic carbocycles. The average Bonchev–Trinajstić information content (AvgIpc) is 2.98. The first-order valence-corrected chi connectivity index (χ1v) is 11.3. The van der Waals surface area contributed by atoms with E-state index in [0.717, 1.165) is 43.4 Å². The number of Topliss-reactive ketones (excluding diaryl/α,β-unsaturated/α-hetero) is 1. The maximum Gasteiger partial charge on any atom is 0.133 e. The van der Waals surface area contributed by atoms with Gasteiger partial charge >= 0.3 is 0 Å². The smallest absolute Gasteiger partial charge is 0.133 e. The Labute approximate surface area is 165 Å². The van der Waals surface area contributed by atoms with Gasteiger partial charge < -0.3 is 10.5 Å². The molecule has 0 aliphatic heterocycles. The van der Waals surface area contributed by atoms with Crippen LogP contribution in [-0.2, 0) is 9.53 Å². The first-order valence-electron chi connectivity index (χ1n) is 11.3. The van der Waals surface area contributed by atoms with E-state index < -0.39 is 0 Å². The molecule has 4 saturated carbocycles. The van der Waals surface area contributed by atoms with Crippen LogP contribution in [0.2, 0.25) is 0 Å². The molecule has 4 rings (SSSR count). The van der Waals surface area contributed by atoms with Crippen molar-refractivity contribution in [3.8, 4) is 0 Å². The molecule has 0 aromatic heterocycles. The van der Waals surface area contributed by atoms with Gasteiger partial charge in [-0.05, 0) is 93.3 Å². The summed E-state index contributed by atoms with van der Waals surface area (Å²) in [5, 5.41) is 0.